The molecule has 0 aromatic heterocycles. The molecular weight excluding hydrogens is 146 g/mol. The zero-order valence-corrected chi connectivity index (χ0v) is 7.12. The molecule has 1 unspecified atom stereocenters. The summed E-state index contributed by atoms with van der Waals surface area (Å²) in [6.45, 7) is -0.991. The summed E-state index contributed by atoms with van der Waals surface area (Å²) in [7, 11) is 6.83. The van der Waals surface area contributed by atoms with Crippen LogP contribution in [0.2, 0.25) is 0 Å². The molecule has 0 saturated heterocycles. The van der Waals surface area contributed by atoms with Crippen LogP contribution in [0.4, 0.5) is 0 Å². The molecule has 1 atom stereocenters. The van der Waals surface area contributed by atoms with E-state index in [0.717, 1.165) is 0 Å². The molecule has 0 aliphatic carbocycles. The van der Waals surface area contributed by atoms with Gasteiger partial charge in [0.15, 0.2) is 0 Å². The lowest BCUT2D eigenvalue weighted by Gasteiger charge is -2.04. The van der Waals surface area contributed by atoms with E-state index < -0.39 is 7.00 Å². The Labute approximate surface area is 51.7 Å². The fourth-order valence-electron chi connectivity index (χ4n) is 0.100. The first-order valence-corrected chi connectivity index (χ1v) is 4.74. The summed E-state index contributed by atoms with van der Waals surface area (Å²) in [4.78, 5) is 0. The molecule has 0 radical (unpaired) electrons. The topological polar surface area (TPSA) is 15.6 Å². The molecule has 5 heteroatoms. The minimum absolute atomic E-state index is 0.991. The monoisotopic (exact) mass is 154 g/mol. The Morgan fingerprint density at radius 2 is 2.14 bits per heavy atom. The van der Waals surface area contributed by atoms with E-state index in [9.17, 15) is 0 Å². The quantitative estimate of drug-likeness (QED) is 0.558. The van der Waals surface area contributed by atoms with Gasteiger partial charge in [0.2, 0.25) is 0 Å². The fraction of sp³-hybridized carbons (Fsp3) is 1.00. The summed E-state index contributed by atoms with van der Waals surface area (Å²) >= 11 is 4.88. The van der Waals surface area contributed by atoms with E-state index in [-0.39, 0.29) is 0 Å². The molecule has 0 aliphatic rings. The van der Waals surface area contributed by atoms with Crippen molar-refractivity contribution in [3.8, 4) is 0 Å². The van der Waals surface area contributed by atoms with Crippen LogP contribution in [-0.2, 0) is 11.8 Å². The first-order valence-electron chi connectivity index (χ1n) is 1.77. The minimum atomic E-state index is -0.991. The summed E-state index contributed by atoms with van der Waals surface area (Å²) in [5.41, 5.74) is 0. The standard InChI is InChI=1S/C2H8N2P2S/c1-4(2)6(7)3-5/h5-6H,1-2H3. The van der Waals surface area contributed by atoms with Crippen LogP contribution < -0.4 is 0 Å². The minimum Gasteiger partial charge on any atom is -0.266 e. The normalized spacial score (nSPS) is 14.1. The van der Waals surface area contributed by atoms with E-state index in [0.29, 0.717) is 0 Å². The van der Waals surface area contributed by atoms with Gasteiger partial charge >= 0.3 is 0 Å². The highest BCUT2D eigenvalue weighted by Crippen LogP contribution is 2.25. The zero-order chi connectivity index (χ0) is 5.86. The van der Waals surface area contributed by atoms with Gasteiger partial charge in [-0.1, -0.05) is 11.8 Å². The van der Waals surface area contributed by atoms with Gasteiger partial charge in [-0.25, -0.2) is 4.52 Å². The number of hydrogen-bond acceptors (Lipinski definition) is 1. The van der Waals surface area contributed by atoms with Gasteiger partial charge in [-0.2, -0.15) is 0 Å². The molecule has 0 rings (SSSR count). The van der Waals surface area contributed by atoms with Crippen LogP contribution in [0.15, 0.2) is 4.52 Å². The Morgan fingerprint density at radius 3 is 2.14 bits per heavy atom. The molecular formula is C2H8N2P2S. The zero-order valence-electron chi connectivity index (χ0n) is 4.30. The third-order valence-corrected chi connectivity index (χ3v) is 3.93. The number of nitrogens with zero attached hydrogens (tertiary/aromatic N) is 2. The molecule has 2 nitrogen and oxygen atoms in total. The van der Waals surface area contributed by atoms with Gasteiger partial charge in [-0.15, -0.1) is 0 Å². The second kappa shape index (κ2) is 3.68. The van der Waals surface area contributed by atoms with Crippen molar-refractivity contribution < 1.29 is 0 Å². The molecule has 0 spiro atoms. The van der Waals surface area contributed by atoms with Crippen molar-refractivity contribution in [3.05, 3.63) is 0 Å². The van der Waals surface area contributed by atoms with Gasteiger partial charge in [-0.3, -0.25) is 4.67 Å². The van der Waals surface area contributed by atoms with Crippen molar-refractivity contribution in [2.24, 2.45) is 4.52 Å². The SMILES string of the molecule is CN(C)[PH](=S)N=P. The lowest BCUT2D eigenvalue weighted by molar-refractivity contribution is 0.690. The largest absolute Gasteiger partial charge is 0.266 e. The molecule has 42 valence electrons. The van der Waals surface area contributed by atoms with Crippen molar-refractivity contribution in [2.45, 2.75) is 0 Å². The van der Waals surface area contributed by atoms with Crippen molar-refractivity contribution in [1.29, 1.82) is 0 Å². The van der Waals surface area contributed by atoms with Gasteiger partial charge in [-0.05, 0) is 23.1 Å². The fourth-order valence-corrected chi connectivity index (χ4v) is 0.900. The van der Waals surface area contributed by atoms with E-state index in [1.165, 1.54) is 0 Å². The van der Waals surface area contributed by atoms with Gasteiger partial charge < -0.3 is 0 Å². The van der Waals surface area contributed by atoms with Gasteiger partial charge in [0.25, 0.3) is 0 Å². The third-order valence-electron chi connectivity index (χ3n) is 0.478. The molecule has 0 aromatic rings. The molecule has 0 fully saturated rings. The van der Waals surface area contributed by atoms with Crippen LogP contribution in [0.5, 0.6) is 0 Å². The molecule has 0 saturated carbocycles. The van der Waals surface area contributed by atoms with Crippen LogP contribution in [0.3, 0.4) is 0 Å². The van der Waals surface area contributed by atoms with E-state index in [4.69, 9.17) is 11.8 Å². The van der Waals surface area contributed by atoms with Gasteiger partial charge in [0.05, 0.1) is 0 Å². The third kappa shape index (κ3) is 3.31. The maximum atomic E-state index is 4.88. The van der Waals surface area contributed by atoms with Gasteiger partial charge in [0, 0.05) is 0 Å². The summed E-state index contributed by atoms with van der Waals surface area (Å²) in [6.07, 6.45) is 0. The van der Waals surface area contributed by atoms with Crippen molar-refractivity contribution >= 4 is 27.8 Å². The van der Waals surface area contributed by atoms with Crippen molar-refractivity contribution in [3.63, 3.8) is 0 Å². The molecule has 0 aliphatic heterocycles. The smallest absolute Gasteiger partial charge is 0.111 e. The maximum absolute atomic E-state index is 4.88. The lowest BCUT2D eigenvalue weighted by Crippen LogP contribution is -1.95. The van der Waals surface area contributed by atoms with E-state index in [2.05, 4.69) is 13.5 Å². The average Bonchev–Trinajstić information content (AvgIpc) is 1.65. The van der Waals surface area contributed by atoms with Crippen LogP contribution in [0.25, 0.3) is 0 Å². The molecule has 0 aromatic carbocycles. The first-order chi connectivity index (χ1) is 3.18. The number of hydrogen-bond donors (Lipinski definition) is 0. The summed E-state index contributed by atoms with van der Waals surface area (Å²) in [5, 5.41) is 0. The van der Waals surface area contributed by atoms with Crippen LogP contribution >= 0.6 is 16.0 Å². The van der Waals surface area contributed by atoms with Crippen molar-refractivity contribution in [1.82, 2.24) is 4.67 Å². The van der Waals surface area contributed by atoms with E-state index in [1.54, 1.807) is 0 Å². The first kappa shape index (κ1) is 7.71. The van der Waals surface area contributed by atoms with E-state index >= 15 is 0 Å². The highest BCUT2D eigenvalue weighted by Gasteiger charge is 1.87. The summed E-state index contributed by atoms with van der Waals surface area (Å²) in [5.74, 6) is 0. The highest BCUT2D eigenvalue weighted by molar-refractivity contribution is 8.03. The van der Waals surface area contributed by atoms with E-state index in [1.807, 2.05) is 18.8 Å². The molecule has 0 bridgehead atoms. The summed E-state index contributed by atoms with van der Waals surface area (Å²) in [6, 6.07) is 0. The molecule has 0 heterocycles. The second-order valence-corrected chi connectivity index (χ2v) is 4.74. The molecule has 7 heavy (non-hydrogen) atoms. The Bertz CT molecular complexity index is 91.7. The lowest BCUT2D eigenvalue weighted by atomic mass is 11.3. The average molecular weight is 154 g/mol. The maximum Gasteiger partial charge on any atom is 0.111 e. The Hall–Kier alpha value is 0.710. The summed E-state index contributed by atoms with van der Waals surface area (Å²) < 4.78 is 5.66. The predicted molar refractivity (Wildman–Crippen MR) is 40.1 cm³/mol. The second-order valence-electron chi connectivity index (χ2n) is 1.29. The molecule has 0 N–H and O–H groups in total. The Morgan fingerprint density at radius 1 is 1.71 bits per heavy atom. The highest BCUT2D eigenvalue weighted by atomic mass is 32.4. The van der Waals surface area contributed by atoms with Crippen LogP contribution in [-0.4, -0.2) is 18.8 Å². The predicted octanol–water partition coefficient (Wildman–Crippen LogP) is 1.38. The number of rotatable bonds is 2. The Balaban J connectivity index is 3.56. The van der Waals surface area contributed by atoms with Gasteiger partial charge in [0.1, 0.15) is 7.00 Å². The van der Waals surface area contributed by atoms with Crippen LogP contribution in [0, 0.1) is 0 Å². The van der Waals surface area contributed by atoms with Crippen LogP contribution in [0.1, 0.15) is 0 Å². The Kier molecular flexibility index (Phi) is 4.05. The molecule has 0 amide bonds. The van der Waals surface area contributed by atoms with Crippen molar-refractivity contribution in [2.75, 3.05) is 14.1 Å².